The van der Waals surface area contributed by atoms with E-state index in [2.05, 4.69) is 23.2 Å². The lowest BCUT2D eigenvalue weighted by Crippen LogP contribution is -2.38. The fraction of sp³-hybridized carbons (Fsp3) is 0.316. The number of benzene rings is 1. The van der Waals surface area contributed by atoms with Gasteiger partial charge in [0.25, 0.3) is 0 Å². The Balaban J connectivity index is 1.84. The summed E-state index contributed by atoms with van der Waals surface area (Å²) in [4.78, 5) is 28.6. The van der Waals surface area contributed by atoms with Gasteiger partial charge in [-0.1, -0.05) is 35.9 Å². The monoisotopic (exact) mass is 340 g/mol. The summed E-state index contributed by atoms with van der Waals surface area (Å²) in [5, 5.41) is 18.4. The Morgan fingerprint density at radius 2 is 2.04 bits per heavy atom. The molecule has 3 rings (SSSR count). The van der Waals surface area contributed by atoms with Gasteiger partial charge in [-0.25, -0.2) is 9.59 Å². The molecule has 1 heterocycles. The van der Waals surface area contributed by atoms with E-state index in [-0.39, 0.29) is 11.6 Å². The highest BCUT2D eigenvalue weighted by atomic mass is 16.4. The molecule has 0 saturated heterocycles. The average Bonchev–Trinajstić information content (AvgIpc) is 2.92. The summed E-state index contributed by atoms with van der Waals surface area (Å²) in [5.41, 5.74) is 3.57. The van der Waals surface area contributed by atoms with Gasteiger partial charge in [0, 0.05) is 13.1 Å². The summed E-state index contributed by atoms with van der Waals surface area (Å²) in [6.07, 6.45) is 6.98. The molecule has 0 radical (unpaired) electrons. The van der Waals surface area contributed by atoms with Gasteiger partial charge in [0.05, 0.1) is 24.0 Å². The quantitative estimate of drug-likeness (QED) is 0.802. The lowest BCUT2D eigenvalue weighted by Gasteiger charge is -2.27. The van der Waals surface area contributed by atoms with Crippen molar-refractivity contribution in [2.45, 2.75) is 31.3 Å². The summed E-state index contributed by atoms with van der Waals surface area (Å²) in [6, 6.07) is 7.34. The Morgan fingerprint density at radius 3 is 2.76 bits per heavy atom. The SMILES string of the molecule is CN1C=NC(CC2=Cc3ccccc3CC2)C1/C(=C/C(=O)O)C(=O)O. The van der Waals surface area contributed by atoms with E-state index in [4.69, 9.17) is 5.11 Å². The number of rotatable bonds is 5. The Hall–Kier alpha value is -2.89. The van der Waals surface area contributed by atoms with E-state index in [0.717, 1.165) is 18.9 Å². The van der Waals surface area contributed by atoms with Gasteiger partial charge in [-0.15, -0.1) is 0 Å². The number of aliphatic carboxylic acids is 2. The fourth-order valence-electron chi connectivity index (χ4n) is 3.53. The fourth-order valence-corrected chi connectivity index (χ4v) is 3.53. The number of hydrogen-bond acceptors (Lipinski definition) is 4. The summed E-state index contributed by atoms with van der Waals surface area (Å²) >= 11 is 0. The van der Waals surface area contributed by atoms with Crippen LogP contribution in [0, 0.1) is 0 Å². The second-order valence-corrected chi connectivity index (χ2v) is 6.39. The van der Waals surface area contributed by atoms with E-state index in [1.807, 2.05) is 12.1 Å². The Kier molecular flexibility index (Phi) is 4.70. The first-order valence-electron chi connectivity index (χ1n) is 8.16. The first kappa shape index (κ1) is 17.0. The Bertz CT molecular complexity index is 794. The van der Waals surface area contributed by atoms with Crippen LogP contribution in [-0.2, 0) is 16.0 Å². The minimum absolute atomic E-state index is 0.144. The maximum atomic E-state index is 11.5. The average molecular weight is 340 g/mol. The summed E-state index contributed by atoms with van der Waals surface area (Å²) in [5.74, 6) is -2.49. The molecule has 6 heteroatoms. The molecule has 6 nitrogen and oxygen atoms in total. The highest BCUT2D eigenvalue weighted by molar-refractivity contribution is 5.96. The van der Waals surface area contributed by atoms with Crippen LogP contribution < -0.4 is 0 Å². The number of carboxylic acids is 2. The third kappa shape index (κ3) is 3.63. The second kappa shape index (κ2) is 6.93. The molecule has 2 aliphatic rings. The van der Waals surface area contributed by atoms with Crippen LogP contribution in [0.2, 0.25) is 0 Å². The van der Waals surface area contributed by atoms with Crippen LogP contribution in [0.5, 0.6) is 0 Å². The molecule has 0 aromatic heterocycles. The number of hydrogen-bond donors (Lipinski definition) is 2. The molecule has 2 atom stereocenters. The number of carbonyl (C=O) groups is 2. The summed E-state index contributed by atoms with van der Waals surface area (Å²) in [7, 11) is 1.72. The lowest BCUT2D eigenvalue weighted by atomic mass is 9.86. The van der Waals surface area contributed by atoms with Gasteiger partial charge in [-0.05, 0) is 30.4 Å². The largest absolute Gasteiger partial charge is 0.478 e. The van der Waals surface area contributed by atoms with Crippen molar-refractivity contribution in [2.75, 3.05) is 7.05 Å². The van der Waals surface area contributed by atoms with E-state index < -0.39 is 18.0 Å². The molecule has 0 bridgehead atoms. The van der Waals surface area contributed by atoms with Gasteiger partial charge in [0.15, 0.2) is 0 Å². The number of nitrogens with zero attached hydrogens (tertiary/aromatic N) is 2. The molecule has 1 aromatic carbocycles. The number of aryl methyl sites for hydroxylation is 1. The molecule has 0 amide bonds. The lowest BCUT2D eigenvalue weighted by molar-refractivity contribution is -0.135. The van der Waals surface area contributed by atoms with E-state index in [9.17, 15) is 14.7 Å². The topological polar surface area (TPSA) is 90.2 Å². The van der Waals surface area contributed by atoms with E-state index >= 15 is 0 Å². The number of likely N-dealkylation sites (N-methyl/N-ethyl adjacent to an activating group) is 1. The number of carboxylic acid groups (broad SMARTS) is 2. The van der Waals surface area contributed by atoms with Crippen molar-refractivity contribution < 1.29 is 19.8 Å². The van der Waals surface area contributed by atoms with Gasteiger partial charge < -0.3 is 15.1 Å². The number of fused-ring (bicyclic) bond motifs is 1. The zero-order valence-corrected chi connectivity index (χ0v) is 13.9. The van der Waals surface area contributed by atoms with E-state index in [1.165, 1.54) is 16.7 Å². The van der Waals surface area contributed by atoms with Gasteiger partial charge >= 0.3 is 11.9 Å². The van der Waals surface area contributed by atoms with Crippen molar-refractivity contribution in [2.24, 2.45) is 4.99 Å². The third-order valence-electron chi connectivity index (χ3n) is 4.69. The summed E-state index contributed by atoms with van der Waals surface area (Å²) < 4.78 is 0. The van der Waals surface area contributed by atoms with Crippen molar-refractivity contribution in [3.8, 4) is 0 Å². The van der Waals surface area contributed by atoms with Gasteiger partial charge in [-0.2, -0.15) is 0 Å². The molecule has 0 saturated carbocycles. The van der Waals surface area contributed by atoms with Crippen molar-refractivity contribution in [1.82, 2.24) is 4.90 Å². The first-order valence-corrected chi connectivity index (χ1v) is 8.16. The van der Waals surface area contributed by atoms with Gasteiger partial charge in [-0.3, -0.25) is 4.99 Å². The molecule has 2 N–H and O–H groups in total. The molecule has 25 heavy (non-hydrogen) atoms. The minimum atomic E-state index is -1.26. The van der Waals surface area contributed by atoms with E-state index in [1.54, 1.807) is 18.3 Å². The Labute approximate surface area is 145 Å². The maximum Gasteiger partial charge on any atom is 0.334 e. The van der Waals surface area contributed by atoms with Crippen molar-refractivity contribution >= 4 is 24.4 Å². The minimum Gasteiger partial charge on any atom is -0.478 e. The summed E-state index contributed by atoms with van der Waals surface area (Å²) in [6.45, 7) is 0. The molecule has 0 fully saturated rings. The highest BCUT2D eigenvalue weighted by Gasteiger charge is 2.36. The smallest absolute Gasteiger partial charge is 0.334 e. The molecular formula is C19H20N2O4. The zero-order valence-electron chi connectivity index (χ0n) is 13.9. The molecule has 1 aliphatic heterocycles. The predicted octanol–water partition coefficient (Wildman–Crippen LogP) is 2.21. The molecule has 130 valence electrons. The van der Waals surface area contributed by atoms with Crippen LogP contribution in [0.15, 0.2) is 46.5 Å². The number of aliphatic imine (C=N–C) groups is 1. The molecular weight excluding hydrogens is 320 g/mol. The molecule has 0 spiro atoms. The van der Waals surface area contributed by atoms with Crippen LogP contribution in [0.25, 0.3) is 6.08 Å². The zero-order chi connectivity index (χ0) is 18.0. The highest BCUT2D eigenvalue weighted by Crippen LogP contribution is 2.31. The predicted molar refractivity (Wildman–Crippen MR) is 94.5 cm³/mol. The van der Waals surface area contributed by atoms with Gasteiger partial charge in [0.2, 0.25) is 0 Å². The molecule has 1 aromatic rings. The van der Waals surface area contributed by atoms with Crippen LogP contribution >= 0.6 is 0 Å². The van der Waals surface area contributed by atoms with Crippen molar-refractivity contribution in [3.05, 3.63) is 52.6 Å². The van der Waals surface area contributed by atoms with Crippen LogP contribution in [-0.4, -0.2) is 52.5 Å². The normalized spacial score (nSPS) is 22.5. The second-order valence-electron chi connectivity index (χ2n) is 6.39. The van der Waals surface area contributed by atoms with Crippen LogP contribution in [0.4, 0.5) is 0 Å². The molecule has 1 aliphatic carbocycles. The third-order valence-corrected chi connectivity index (χ3v) is 4.69. The Morgan fingerprint density at radius 1 is 1.28 bits per heavy atom. The first-order chi connectivity index (χ1) is 12.0. The van der Waals surface area contributed by atoms with Gasteiger partial charge in [0.1, 0.15) is 0 Å². The van der Waals surface area contributed by atoms with Crippen molar-refractivity contribution in [1.29, 1.82) is 0 Å². The van der Waals surface area contributed by atoms with Crippen molar-refractivity contribution in [3.63, 3.8) is 0 Å². The maximum absolute atomic E-state index is 11.5. The van der Waals surface area contributed by atoms with Crippen LogP contribution in [0.1, 0.15) is 24.0 Å². The standard InChI is InChI=1S/C19H20N2O4/c1-21-11-20-16(18(21)15(19(24)25)10-17(22)23)9-12-6-7-13-4-2-3-5-14(13)8-12/h2-5,8,10-11,16,18H,6-7,9H2,1H3,(H,22,23)(H,24,25)/b15-10-. The molecule has 2 unspecified atom stereocenters. The van der Waals surface area contributed by atoms with E-state index in [0.29, 0.717) is 6.42 Å². The van der Waals surface area contributed by atoms with Crippen LogP contribution in [0.3, 0.4) is 0 Å².